The van der Waals surface area contributed by atoms with Gasteiger partial charge in [-0.15, -0.1) is 10.2 Å². The number of carbonyl (C=O) groups excluding carboxylic acids is 1. The number of carboxylic acids is 1. The molecule has 1 aromatic heterocycles. The third-order valence-corrected chi connectivity index (χ3v) is 2.87. The number of nitrogens with zero attached hydrogens (tertiary/aromatic N) is 3. The first-order valence-electron chi connectivity index (χ1n) is 6.58. The fourth-order valence-corrected chi connectivity index (χ4v) is 1.70. The second-order valence-corrected chi connectivity index (χ2v) is 4.52. The van der Waals surface area contributed by atoms with Gasteiger partial charge in [0.15, 0.2) is 18.1 Å². The smallest absolute Gasteiger partial charge is 0.325 e. The maximum absolute atomic E-state index is 11.6. The zero-order chi connectivity index (χ0) is 16.8. The van der Waals surface area contributed by atoms with Crippen LogP contribution >= 0.6 is 0 Å². The van der Waals surface area contributed by atoms with E-state index in [1.165, 1.54) is 14.0 Å². The molecule has 0 aliphatic rings. The van der Waals surface area contributed by atoms with E-state index in [-0.39, 0.29) is 6.61 Å². The Bertz CT molecular complexity index is 688. The summed E-state index contributed by atoms with van der Waals surface area (Å²) in [5.74, 6) is -0.572. The van der Waals surface area contributed by atoms with Gasteiger partial charge in [0.1, 0.15) is 6.04 Å². The van der Waals surface area contributed by atoms with Gasteiger partial charge in [-0.3, -0.25) is 9.59 Å². The normalized spacial score (nSPS) is 11.6. The maximum Gasteiger partial charge on any atom is 0.325 e. The first-order valence-corrected chi connectivity index (χ1v) is 6.58. The van der Waals surface area contributed by atoms with Gasteiger partial charge in [0.25, 0.3) is 5.91 Å². The number of ether oxygens (including phenoxy) is 2. The van der Waals surface area contributed by atoms with E-state index in [1.807, 2.05) is 0 Å². The molecular formula is C13H15N5O5. The Hall–Kier alpha value is -3.17. The van der Waals surface area contributed by atoms with Crippen LogP contribution in [0.2, 0.25) is 0 Å². The summed E-state index contributed by atoms with van der Waals surface area (Å²) in [5.41, 5.74) is 0.659. The van der Waals surface area contributed by atoms with Gasteiger partial charge in [0, 0.05) is 5.56 Å². The third kappa shape index (κ3) is 4.15. The van der Waals surface area contributed by atoms with Crippen molar-refractivity contribution in [3.05, 3.63) is 18.2 Å². The van der Waals surface area contributed by atoms with Crippen molar-refractivity contribution < 1.29 is 24.2 Å². The molecule has 0 spiro atoms. The van der Waals surface area contributed by atoms with Crippen molar-refractivity contribution in [1.29, 1.82) is 0 Å². The van der Waals surface area contributed by atoms with E-state index < -0.39 is 17.9 Å². The summed E-state index contributed by atoms with van der Waals surface area (Å²) in [6.45, 7) is 1.02. The number of aromatic amines is 1. The Morgan fingerprint density at radius 3 is 2.78 bits per heavy atom. The van der Waals surface area contributed by atoms with Crippen LogP contribution in [0.5, 0.6) is 11.5 Å². The van der Waals surface area contributed by atoms with Gasteiger partial charge in [-0.05, 0) is 30.3 Å². The Morgan fingerprint density at radius 2 is 2.17 bits per heavy atom. The molecule has 0 radical (unpaired) electrons. The molecule has 2 aromatic rings. The van der Waals surface area contributed by atoms with Crippen molar-refractivity contribution >= 4 is 11.9 Å². The number of nitrogens with one attached hydrogen (secondary N) is 2. The lowest BCUT2D eigenvalue weighted by molar-refractivity contribution is -0.141. The zero-order valence-corrected chi connectivity index (χ0v) is 12.4. The van der Waals surface area contributed by atoms with Crippen LogP contribution in [0.4, 0.5) is 0 Å². The Labute approximate surface area is 130 Å². The topological polar surface area (TPSA) is 139 Å². The van der Waals surface area contributed by atoms with Crippen molar-refractivity contribution in [1.82, 2.24) is 25.9 Å². The molecule has 0 aliphatic carbocycles. The lowest BCUT2D eigenvalue weighted by Crippen LogP contribution is -2.40. The number of hydrogen-bond donors (Lipinski definition) is 3. The van der Waals surface area contributed by atoms with Gasteiger partial charge in [-0.2, -0.15) is 5.21 Å². The minimum Gasteiger partial charge on any atom is -0.493 e. The van der Waals surface area contributed by atoms with Crippen molar-refractivity contribution in [2.75, 3.05) is 13.7 Å². The van der Waals surface area contributed by atoms with Crippen LogP contribution < -0.4 is 14.8 Å². The number of methoxy groups -OCH3 is 1. The highest BCUT2D eigenvalue weighted by Gasteiger charge is 2.15. The number of carboxylic acid groups (broad SMARTS) is 1. The quantitative estimate of drug-likeness (QED) is 0.639. The average Bonchev–Trinajstić information content (AvgIpc) is 3.07. The third-order valence-electron chi connectivity index (χ3n) is 2.87. The molecule has 0 fully saturated rings. The van der Waals surface area contributed by atoms with Gasteiger partial charge in [0.2, 0.25) is 5.82 Å². The maximum atomic E-state index is 11.6. The number of aliphatic carboxylic acids is 1. The van der Waals surface area contributed by atoms with Gasteiger partial charge in [0.05, 0.1) is 7.11 Å². The number of H-pyrrole nitrogens is 1. The highest BCUT2D eigenvalue weighted by atomic mass is 16.5. The summed E-state index contributed by atoms with van der Waals surface area (Å²) in [5, 5.41) is 24.5. The molecule has 2 rings (SSSR count). The number of aromatic nitrogens is 4. The highest BCUT2D eigenvalue weighted by molar-refractivity contribution is 5.84. The molecule has 122 valence electrons. The van der Waals surface area contributed by atoms with Crippen molar-refractivity contribution in [3.8, 4) is 22.9 Å². The van der Waals surface area contributed by atoms with Crippen LogP contribution in [0.25, 0.3) is 11.4 Å². The van der Waals surface area contributed by atoms with Crippen LogP contribution in [0.3, 0.4) is 0 Å². The SMILES string of the molecule is COc1cc(-c2nn[nH]n2)ccc1OCC(=O)N[C@@H](C)C(=O)O. The molecule has 1 amide bonds. The Morgan fingerprint density at radius 1 is 1.39 bits per heavy atom. The summed E-state index contributed by atoms with van der Waals surface area (Å²) >= 11 is 0. The number of hydrogen-bond acceptors (Lipinski definition) is 7. The summed E-state index contributed by atoms with van der Waals surface area (Å²) in [6.07, 6.45) is 0. The molecule has 0 aliphatic heterocycles. The molecule has 23 heavy (non-hydrogen) atoms. The van der Waals surface area contributed by atoms with E-state index in [1.54, 1.807) is 18.2 Å². The Balaban J connectivity index is 2.03. The molecule has 0 unspecified atom stereocenters. The molecule has 1 aromatic carbocycles. The molecule has 10 heteroatoms. The average molecular weight is 321 g/mol. The predicted molar refractivity (Wildman–Crippen MR) is 76.9 cm³/mol. The lowest BCUT2D eigenvalue weighted by atomic mass is 10.2. The summed E-state index contributed by atoms with van der Waals surface area (Å²) < 4.78 is 10.5. The van der Waals surface area contributed by atoms with E-state index in [9.17, 15) is 9.59 Å². The largest absolute Gasteiger partial charge is 0.493 e. The number of tetrazole rings is 1. The van der Waals surface area contributed by atoms with Gasteiger partial charge in [-0.25, -0.2) is 0 Å². The van der Waals surface area contributed by atoms with Crippen LogP contribution in [0, 0.1) is 0 Å². The number of benzene rings is 1. The molecule has 0 saturated carbocycles. The number of amides is 1. The standard InChI is InChI=1S/C13H15N5O5/c1-7(13(20)21)14-11(19)6-23-9-4-3-8(5-10(9)22-2)12-15-17-18-16-12/h3-5,7H,6H2,1-2H3,(H,14,19)(H,20,21)(H,15,16,17,18)/t7-/m0/s1. The molecule has 3 N–H and O–H groups in total. The molecule has 1 heterocycles. The van der Waals surface area contributed by atoms with Crippen molar-refractivity contribution in [3.63, 3.8) is 0 Å². The van der Waals surface area contributed by atoms with E-state index in [4.69, 9.17) is 14.6 Å². The summed E-state index contributed by atoms with van der Waals surface area (Å²) in [4.78, 5) is 22.3. The monoisotopic (exact) mass is 321 g/mol. The van der Waals surface area contributed by atoms with Crippen LogP contribution in [-0.2, 0) is 9.59 Å². The van der Waals surface area contributed by atoms with E-state index in [0.717, 1.165) is 0 Å². The van der Waals surface area contributed by atoms with E-state index in [0.29, 0.717) is 22.9 Å². The van der Waals surface area contributed by atoms with E-state index >= 15 is 0 Å². The molecule has 1 atom stereocenters. The van der Waals surface area contributed by atoms with Gasteiger partial charge >= 0.3 is 5.97 Å². The van der Waals surface area contributed by atoms with Gasteiger partial charge < -0.3 is 19.9 Å². The van der Waals surface area contributed by atoms with Crippen LogP contribution in [-0.4, -0.2) is 57.4 Å². The first kappa shape index (κ1) is 16.2. The molecule has 0 bridgehead atoms. The van der Waals surface area contributed by atoms with Crippen LogP contribution in [0.15, 0.2) is 18.2 Å². The molecule has 10 nitrogen and oxygen atoms in total. The minimum atomic E-state index is -1.12. The zero-order valence-electron chi connectivity index (χ0n) is 12.4. The predicted octanol–water partition coefficient (Wildman–Crippen LogP) is -0.157. The minimum absolute atomic E-state index is 0.331. The molecular weight excluding hydrogens is 306 g/mol. The number of carbonyl (C=O) groups is 2. The van der Waals surface area contributed by atoms with Crippen molar-refractivity contribution in [2.45, 2.75) is 13.0 Å². The molecule has 0 saturated heterocycles. The summed E-state index contributed by atoms with van der Waals surface area (Å²) in [6, 6.07) is 3.92. The second-order valence-electron chi connectivity index (χ2n) is 4.52. The van der Waals surface area contributed by atoms with Crippen LogP contribution in [0.1, 0.15) is 6.92 Å². The fraction of sp³-hybridized carbons (Fsp3) is 0.308. The van der Waals surface area contributed by atoms with Crippen molar-refractivity contribution in [2.24, 2.45) is 0 Å². The summed E-state index contributed by atoms with van der Waals surface area (Å²) in [7, 11) is 1.45. The lowest BCUT2D eigenvalue weighted by Gasteiger charge is -2.13. The second kappa shape index (κ2) is 7.20. The highest BCUT2D eigenvalue weighted by Crippen LogP contribution is 2.31. The number of rotatable bonds is 7. The Kier molecular flexibility index (Phi) is 5.07. The first-order chi connectivity index (χ1) is 11.0. The fourth-order valence-electron chi connectivity index (χ4n) is 1.70. The van der Waals surface area contributed by atoms with E-state index in [2.05, 4.69) is 25.9 Å². The van der Waals surface area contributed by atoms with Gasteiger partial charge in [-0.1, -0.05) is 0 Å².